The van der Waals surface area contributed by atoms with Crippen LogP contribution in [0.4, 0.5) is 24.8 Å². The van der Waals surface area contributed by atoms with E-state index in [-0.39, 0.29) is 29.6 Å². The molecule has 5 nitrogen and oxygen atoms in total. The second kappa shape index (κ2) is 6.53. The summed E-state index contributed by atoms with van der Waals surface area (Å²) in [7, 11) is 0. The monoisotopic (exact) mass is 332 g/mol. The quantitative estimate of drug-likeness (QED) is 0.771. The zero-order chi connectivity index (χ0) is 17.1. The Labute approximate surface area is 134 Å². The first-order chi connectivity index (χ1) is 11.5. The highest BCUT2D eigenvalue weighted by Crippen LogP contribution is 2.17. The molecular formula is C16H11F3N4O. The lowest BCUT2D eigenvalue weighted by Gasteiger charge is -2.06. The minimum atomic E-state index is -0.700. The number of aromatic nitrogens is 3. The van der Waals surface area contributed by atoms with Gasteiger partial charge < -0.3 is 5.32 Å². The summed E-state index contributed by atoms with van der Waals surface area (Å²) in [6, 6.07) is 8.48. The van der Waals surface area contributed by atoms with Gasteiger partial charge in [0.15, 0.2) is 0 Å². The van der Waals surface area contributed by atoms with E-state index in [9.17, 15) is 18.0 Å². The largest absolute Gasteiger partial charge is 0.322 e. The maximum atomic E-state index is 13.6. The van der Waals surface area contributed by atoms with Crippen molar-refractivity contribution in [1.29, 1.82) is 0 Å². The summed E-state index contributed by atoms with van der Waals surface area (Å²) in [4.78, 5) is 14.4. The number of nitrogens with one attached hydrogen (secondary N) is 2. The molecule has 2 aromatic carbocycles. The van der Waals surface area contributed by atoms with Gasteiger partial charge in [-0.25, -0.2) is 13.2 Å². The molecule has 122 valence electrons. The number of H-pyrrole nitrogens is 1. The summed E-state index contributed by atoms with van der Waals surface area (Å²) in [5.74, 6) is -1.83. The van der Waals surface area contributed by atoms with Gasteiger partial charge in [0.1, 0.15) is 23.1 Å². The Kier molecular flexibility index (Phi) is 4.28. The van der Waals surface area contributed by atoms with E-state index in [2.05, 4.69) is 20.5 Å². The van der Waals surface area contributed by atoms with Gasteiger partial charge in [-0.05, 0) is 29.8 Å². The fourth-order valence-electron chi connectivity index (χ4n) is 2.05. The van der Waals surface area contributed by atoms with Crippen LogP contribution in [-0.4, -0.2) is 15.2 Å². The summed E-state index contributed by atoms with van der Waals surface area (Å²) in [6.45, 7) is 0. The number of aromatic amines is 1. The first kappa shape index (κ1) is 15.7. The molecule has 0 spiro atoms. The second-order valence-electron chi connectivity index (χ2n) is 5.00. The van der Waals surface area contributed by atoms with Gasteiger partial charge in [0.05, 0.1) is 5.69 Å². The molecule has 0 bridgehead atoms. The first-order valence-corrected chi connectivity index (χ1v) is 6.93. The summed E-state index contributed by atoms with van der Waals surface area (Å²) >= 11 is 0. The molecule has 2 N–H and O–H groups in total. The van der Waals surface area contributed by atoms with Crippen LogP contribution < -0.4 is 10.9 Å². The van der Waals surface area contributed by atoms with Gasteiger partial charge in [-0.3, -0.25) is 9.78 Å². The Morgan fingerprint density at radius 3 is 2.38 bits per heavy atom. The first-order valence-electron chi connectivity index (χ1n) is 6.93. The number of anilines is 2. The molecule has 1 aromatic heterocycles. The fourth-order valence-corrected chi connectivity index (χ4v) is 2.05. The molecule has 0 atom stereocenters. The highest BCUT2D eigenvalue weighted by atomic mass is 19.1. The molecule has 0 unspecified atom stereocenters. The standard InChI is InChI=1S/C16H11F3N4O/c17-10-3-1-9(2-4-10)7-14-15(24)21-16(23-22-14)20-13-8-11(18)5-6-12(13)19/h1-6,8H,7H2,(H2,20,21,23,24). The highest BCUT2D eigenvalue weighted by Gasteiger charge is 2.09. The van der Waals surface area contributed by atoms with E-state index >= 15 is 0 Å². The third kappa shape index (κ3) is 3.60. The molecule has 0 radical (unpaired) electrons. The Bertz CT molecular complexity index is 925. The minimum Gasteiger partial charge on any atom is -0.322 e. The molecular weight excluding hydrogens is 321 g/mol. The van der Waals surface area contributed by atoms with E-state index in [0.29, 0.717) is 5.56 Å². The molecule has 24 heavy (non-hydrogen) atoms. The van der Waals surface area contributed by atoms with Gasteiger partial charge in [-0.15, -0.1) is 10.2 Å². The van der Waals surface area contributed by atoms with Gasteiger partial charge in [0, 0.05) is 12.5 Å². The molecule has 1 heterocycles. The Balaban J connectivity index is 1.80. The zero-order valence-electron chi connectivity index (χ0n) is 12.2. The molecule has 0 saturated heterocycles. The summed E-state index contributed by atoms with van der Waals surface area (Å²) in [6.07, 6.45) is 0.164. The Morgan fingerprint density at radius 1 is 0.958 bits per heavy atom. The van der Waals surface area contributed by atoms with Crippen molar-refractivity contribution in [3.05, 3.63) is 81.5 Å². The smallest absolute Gasteiger partial charge is 0.274 e. The van der Waals surface area contributed by atoms with Crippen LogP contribution in [0.25, 0.3) is 0 Å². The van der Waals surface area contributed by atoms with Crippen molar-refractivity contribution in [2.45, 2.75) is 6.42 Å². The van der Waals surface area contributed by atoms with E-state index in [1.807, 2.05) is 0 Å². The fraction of sp³-hybridized carbons (Fsp3) is 0.0625. The topological polar surface area (TPSA) is 70.7 Å². The predicted molar refractivity (Wildman–Crippen MR) is 81.5 cm³/mol. The summed E-state index contributed by atoms with van der Waals surface area (Å²) < 4.78 is 39.5. The van der Waals surface area contributed by atoms with Gasteiger partial charge in [0.2, 0.25) is 5.95 Å². The van der Waals surface area contributed by atoms with Crippen LogP contribution in [0.3, 0.4) is 0 Å². The van der Waals surface area contributed by atoms with Crippen LogP contribution in [-0.2, 0) is 6.42 Å². The molecule has 0 aliphatic heterocycles. The number of hydrogen-bond donors (Lipinski definition) is 2. The highest BCUT2D eigenvalue weighted by molar-refractivity contribution is 5.53. The van der Waals surface area contributed by atoms with Gasteiger partial charge in [-0.1, -0.05) is 12.1 Å². The second-order valence-corrected chi connectivity index (χ2v) is 5.00. The Hall–Kier alpha value is -3.16. The molecule has 0 aliphatic carbocycles. The number of benzene rings is 2. The molecule has 0 aliphatic rings. The number of halogens is 3. The van der Waals surface area contributed by atoms with E-state index < -0.39 is 17.2 Å². The van der Waals surface area contributed by atoms with Crippen molar-refractivity contribution < 1.29 is 13.2 Å². The van der Waals surface area contributed by atoms with E-state index in [1.54, 1.807) is 0 Å². The van der Waals surface area contributed by atoms with Crippen LogP contribution >= 0.6 is 0 Å². The van der Waals surface area contributed by atoms with Crippen LogP contribution in [0.5, 0.6) is 0 Å². The lowest BCUT2D eigenvalue weighted by molar-refractivity contribution is 0.603. The van der Waals surface area contributed by atoms with Crippen molar-refractivity contribution >= 4 is 11.6 Å². The third-order valence-corrected chi connectivity index (χ3v) is 3.23. The maximum Gasteiger partial charge on any atom is 0.274 e. The van der Waals surface area contributed by atoms with E-state index in [0.717, 1.165) is 18.2 Å². The average Bonchev–Trinajstić information content (AvgIpc) is 2.55. The molecule has 0 amide bonds. The maximum absolute atomic E-state index is 13.6. The van der Waals surface area contributed by atoms with Crippen LogP contribution in [0, 0.1) is 17.5 Å². The lowest BCUT2D eigenvalue weighted by Crippen LogP contribution is -2.19. The minimum absolute atomic E-state index is 0.117. The molecule has 0 saturated carbocycles. The van der Waals surface area contributed by atoms with Crippen molar-refractivity contribution in [2.75, 3.05) is 5.32 Å². The lowest BCUT2D eigenvalue weighted by atomic mass is 10.1. The van der Waals surface area contributed by atoms with Crippen LogP contribution in [0.1, 0.15) is 11.3 Å². The van der Waals surface area contributed by atoms with Crippen LogP contribution in [0.2, 0.25) is 0 Å². The zero-order valence-corrected chi connectivity index (χ0v) is 12.2. The van der Waals surface area contributed by atoms with E-state index in [1.165, 1.54) is 24.3 Å². The van der Waals surface area contributed by atoms with E-state index in [4.69, 9.17) is 0 Å². The van der Waals surface area contributed by atoms with Gasteiger partial charge in [-0.2, -0.15) is 0 Å². The van der Waals surface area contributed by atoms with Gasteiger partial charge in [0.25, 0.3) is 5.56 Å². The number of hydrogen-bond acceptors (Lipinski definition) is 4. The van der Waals surface area contributed by atoms with Crippen molar-refractivity contribution in [1.82, 2.24) is 15.2 Å². The van der Waals surface area contributed by atoms with Crippen molar-refractivity contribution in [2.24, 2.45) is 0 Å². The number of rotatable bonds is 4. The summed E-state index contributed by atoms with van der Waals surface area (Å²) in [5.41, 5.74) is 0.0971. The molecule has 3 aromatic rings. The Morgan fingerprint density at radius 2 is 1.67 bits per heavy atom. The molecule has 0 fully saturated rings. The molecule has 8 heteroatoms. The number of nitrogens with zero attached hydrogens (tertiary/aromatic N) is 2. The average molecular weight is 332 g/mol. The van der Waals surface area contributed by atoms with Crippen molar-refractivity contribution in [3.63, 3.8) is 0 Å². The van der Waals surface area contributed by atoms with Crippen LogP contribution in [0.15, 0.2) is 47.3 Å². The third-order valence-electron chi connectivity index (χ3n) is 3.23. The predicted octanol–water partition coefficient (Wildman–Crippen LogP) is 2.92. The SMILES string of the molecule is O=c1[nH]c(Nc2cc(F)ccc2F)nnc1Cc1ccc(F)cc1. The normalized spacial score (nSPS) is 10.6. The summed E-state index contributed by atoms with van der Waals surface area (Å²) in [5, 5.41) is 9.98. The molecule has 3 rings (SSSR count). The van der Waals surface area contributed by atoms with Gasteiger partial charge >= 0.3 is 0 Å². The van der Waals surface area contributed by atoms with Crippen molar-refractivity contribution in [3.8, 4) is 0 Å².